The number of aryl methyl sites for hydroxylation is 1. The van der Waals surface area contributed by atoms with Crippen LogP contribution in [-0.4, -0.2) is 52.3 Å². The van der Waals surface area contributed by atoms with Crippen LogP contribution >= 0.6 is 11.8 Å². The number of nitrogens with two attached hydrogens (primary N) is 1. The molecule has 0 spiro atoms. The predicted molar refractivity (Wildman–Crippen MR) is 88.7 cm³/mol. The molecule has 1 aliphatic heterocycles. The summed E-state index contributed by atoms with van der Waals surface area (Å²) in [4.78, 5) is 29.8. The number of likely N-dealkylation sites (tertiary alicyclic amines) is 1. The van der Waals surface area contributed by atoms with Crippen LogP contribution in [0.4, 0.5) is 5.82 Å². The maximum Gasteiger partial charge on any atom is 0.240 e. The summed E-state index contributed by atoms with van der Waals surface area (Å²) < 4.78 is 0. The molecule has 3 N–H and O–H groups in total. The lowest BCUT2D eigenvalue weighted by molar-refractivity contribution is -0.131. The standard InChI is InChI=1S/C15H22N4O2S/c1-11-5-4-6-17-14(11)18-13(20)10-22-9-12(16)15(21)19-7-2-3-8-19/h4-6,12H,2-3,7-10,16H2,1H3,(H,17,18,20)/t12-/m1/s1. The fraction of sp³-hybridized carbons (Fsp3) is 0.533. The van der Waals surface area contributed by atoms with Gasteiger partial charge in [-0.2, -0.15) is 0 Å². The summed E-state index contributed by atoms with van der Waals surface area (Å²) in [6.07, 6.45) is 3.75. The van der Waals surface area contributed by atoms with E-state index < -0.39 is 6.04 Å². The van der Waals surface area contributed by atoms with E-state index in [1.165, 1.54) is 11.8 Å². The minimum atomic E-state index is -0.535. The van der Waals surface area contributed by atoms with Crippen LogP contribution in [-0.2, 0) is 9.59 Å². The molecule has 1 fully saturated rings. The summed E-state index contributed by atoms with van der Waals surface area (Å²) in [5, 5.41) is 2.76. The SMILES string of the molecule is Cc1cccnc1NC(=O)CSC[C@@H](N)C(=O)N1CCCC1. The molecular formula is C15H22N4O2S. The first-order valence-electron chi connectivity index (χ1n) is 7.41. The Kier molecular flexibility index (Phi) is 6.21. The summed E-state index contributed by atoms with van der Waals surface area (Å²) in [6, 6.07) is 3.18. The van der Waals surface area contributed by atoms with Crippen molar-refractivity contribution in [2.45, 2.75) is 25.8 Å². The summed E-state index contributed by atoms with van der Waals surface area (Å²) in [7, 11) is 0. The molecule has 2 heterocycles. The highest BCUT2D eigenvalue weighted by atomic mass is 32.2. The van der Waals surface area contributed by atoms with Crippen molar-refractivity contribution in [2.75, 3.05) is 29.9 Å². The molecule has 0 aromatic carbocycles. The minimum absolute atomic E-state index is 0.00835. The Balaban J connectivity index is 1.70. The van der Waals surface area contributed by atoms with E-state index in [0.29, 0.717) is 11.6 Å². The van der Waals surface area contributed by atoms with E-state index in [-0.39, 0.29) is 17.6 Å². The van der Waals surface area contributed by atoms with E-state index in [9.17, 15) is 9.59 Å². The van der Waals surface area contributed by atoms with E-state index in [1.54, 1.807) is 6.20 Å². The van der Waals surface area contributed by atoms with Crippen molar-refractivity contribution in [3.8, 4) is 0 Å². The number of nitrogens with zero attached hydrogens (tertiary/aromatic N) is 2. The van der Waals surface area contributed by atoms with Crippen LogP contribution in [0.5, 0.6) is 0 Å². The Bertz CT molecular complexity index is 532. The number of thioether (sulfide) groups is 1. The number of pyridine rings is 1. The number of anilines is 1. The number of rotatable bonds is 6. The minimum Gasteiger partial charge on any atom is -0.341 e. The van der Waals surface area contributed by atoms with Crippen molar-refractivity contribution in [3.05, 3.63) is 23.9 Å². The number of hydrogen-bond donors (Lipinski definition) is 2. The van der Waals surface area contributed by atoms with Gasteiger partial charge < -0.3 is 16.0 Å². The normalized spacial score (nSPS) is 15.6. The van der Waals surface area contributed by atoms with Crippen LogP contribution < -0.4 is 11.1 Å². The Morgan fingerprint density at radius 3 is 2.86 bits per heavy atom. The van der Waals surface area contributed by atoms with Crippen molar-refractivity contribution in [2.24, 2.45) is 5.73 Å². The Hall–Kier alpha value is -1.60. The molecule has 0 saturated carbocycles. The van der Waals surface area contributed by atoms with Crippen LogP contribution in [0.25, 0.3) is 0 Å². The van der Waals surface area contributed by atoms with Crippen LogP contribution in [0, 0.1) is 6.92 Å². The molecule has 1 aromatic rings. The quantitative estimate of drug-likeness (QED) is 0.816. The van der Waals surface area contributed by atoms with E-state index >= 15 is 0 Å². The summed E-state index contributed by atoms with van der Waals surface area (Å²) >= 11 is 1.37. The van der Waals surface area contributed by atoms with E-state index in [2.05, 4.69) is 10.3 Å². The topological polar surface area (TPSA) is 88.3 Å². The second-order valence-electron chi connectivity index (χ2n) is 5.37. The first kappa shape index (κ1) is 16.8. The highest BCUT2D eigenvalue weighted by molar-refractivity contribution is 8.00. The zero-order chi connectivity index (χ0) is 15.9. The average Bonchev–Trinajstić information content (AvgIpc) is 3.03. The summed E-state index contributed by atoms with van der Waals surface area (Å²) in [5.41, 5.74) is 6.82. The van der Waals surface area contributed by atoms with Crippen LogP contribution in [0.1, 0.15) is 18.4 Å². The molecule has 2 rings (SSSR count). The predicted octanol–water partition coefficient (Wildman–Crippen LogP) is 1.01. The summed E-state index contributed by atoms with van der Waals surface area (Å²) in [5.74, 6) is 1.14. The molecule has 1 atom stereocenters. The Morgan fingerprint density at radius 2 is 2.18 bits per heavy atom. The number of hydrogen-bond acceptors (Lipinski definition) is 5. The van der Waals surface area contributed by atoms with Gasteiger partial charge in [0.05, 0.1) is 11.8 Å². The molecule has 7 heteroatoms. The third-order valence-corrected chi connectivity index (χ3v) is 4.59. The second kappa shape index (κ2) is 8.14. The van der Waals surface area contributed by atoms with Gasteiger partial charge in [0.2, 0.25) is 11.8 Å². The lowest BCUT2D eigenvalue weighted by Gasteiger charge is -2.19. The highest BCUT2D eigenvalue weighted by Gasteiger charge is 2.23. The highest BCUT2D eigenvalue weighted by Crippen LogP contribution is 2.12. The molecule has 6 nitrogen and oxygen atoms in total. The molecule has 0 radical (unpaired) electrons. The first-order valence-corrected chi connectivity index (χ1v) is 8.57. The molecule has 0 bridgehead atoms. The summed E-state index contributed by atoms with van der Waals surface area (Å²) in [6.45, 7) is 3.49. The van der Waals surface area contributed by atoms with Gasteiger partial charge in [-0.15, -0.1) is 11.8 Å². The van der Waals surface area contributed by atoms with Gasteiger partial charge in [0.15, 0.2) is 0 Å². The molecule has 120 valence electrons. The third-order valence-electron chi connectivity index (χ3n) is 3.53. The number of carbonyl (C=O) groups excluding carboxylic acids is 2. The molecule has 0 unspecified atom stereocenters. The number of nitrogens with one attached hydrogen (secondary N) is 1. The van der Waals surface area contributed by atoms with Gasteiger partial charge in [-0.3, -0.25) is 9.59 Å². The van der Waals surface area contributed by atoms with Gasteiger partial charge in [-0.1, -0.05) is 6.07 Å². The van der Waals surface area contributed by atoms with E-state index in [4.69, 9.17) is 5.73 Å². The molecule has 1 aromatic heterocycles. The zero-order valence-electron chi connectivity index (χ0n) is 12.7. The van der Waals surface area contributed by atoms with Gasteiger partial charge in [0, 0.05) is 25.0 Å². The molecule has 1 saturated heterocycles. The van der Waals surface area contributed by atoms with Gasteiger partial charge in [0.1, 0.15) is 5.82 Å². The molecular weight excluding hydrogens is 300 g/mol. The number of aromatic nitrogens is 1. The lowest BCUT2D eigenvalue weighted by atomic mass is 10.3. The fourth-order valence-electron chi connectivity index (χ4n) is 2.31. The zero-order valence-corrected chi connectivity index (χ0v) is 13.6. The average molecular weight is 322 g/mol. The first-order chi connectivity index (χ1) is 10.6. The van der Waals surface area contributed by atoms with Gasteiger partial charge in [-0.25, -0.2) is 4.98 Å². The lowest BCUT2D eigenvalue weighted by Crippen LogP contribution is -2.44. The van der Waals surface area contributed by atoms with Crippen molar-refractivity contribution in [1.82, 2.24) is 9.88 Å². The second-order valence-corrected chi connectivity index (χ2v) is 6.40. The maximum absolute atomic E-state index is 12.0. The monoisotopic (exact) mass is 322 g/mol. The van der Waals surface area contributed by atoms with Crippen molar-refractivity contribution in [3.63, 3.8) is 0 Å². The van der Waals surface area contributed by atoms with E-state index in [1.807, 2.05) is 24.0 Å². The van der Waals surface area contributed by atoms with Gasteiger partial charge >= 0.3 is 0 Å². The van der Waals surface area contributed by atoms with Crippen molar-refractivity contribution >= 4 is 29.4 Å². The van der Waals surface area contributed by atoms with E-state index in [0.717, 1.165) is 31.5 Å². The maximum atomic E-state index is 12.0. The molecule has 1 aliphatic rings. The number of amides is 2. The van der Waals surface area contributed by atoms with Crippen LogP contribution in [0.15, 0.2) is 18.3 Å². The molecule has 0 aliphatic carbocycles. The van der Waals surface area contributed by atoms with Crippen LogP contribution in [0.2, 0.25) is 0 Å². The Labute approximate surface area is 134 Å². The third kappa shape index (κ3) is 4.71. The van der Waals surface area contributed by atoms with Crippen molar-refractivity contribution < 1.29 is 9.59 Å². The van der Waals surface area contributed by atoms with Gasteiger partial charge in [0.25, 0.3) is 0 Å². The van der Waals surface area contributed by atoms with Gasteiger partial charge in [-0.05, 0) is 31.4 Å². The fourth-order valence-corrected chi connectivity index (χ4v) is 3.08. The molecule has 22 heavy (non-hydrogen) atoms. The number of carbonyl (C=O) groups is 2. The smallest absolute Gasteiger partial charge is 0.240 e. The molecule has 2 amide bonds. The Morgan fingerprint density at radius 1 is 1.45 bits per heavy atom. The van der Waals surface area contributed by atoms with Crippen LogP contribution in [0.3, 0.4) is 0 Å². The van der Waals surface area contributed by atoms with Crippen molar-refractivity contribution in [1.29, 1.82) is 0 Å². The largest absolute Gasteiger partial charge is 0.341 e.